The Hall–Kier alpha value is -1.66. The molecule has 0 aliphatic carbocycles. The first kappa shape index (κ1) is 14.7. The van der Waals surface area contributed by atoms with Crippen LogP contribution in [-0.4, -0.2) is 31.3 Å². The number of hydrogen-bond donors (Lipinski definition) is 1. The zero-order chi connectivity index (χ0) is 14.4. The molecule has 0 spiro atoms. The van der Waals surface area contributed by atoms with E-state index in [1.807, 2.05) is 6.92 Å². The minimum Gasteiger partial charge on any atom is -0.493 e. The molecule has 0 bridgehead atoms. The van der Waals surface area contributed by atoms with E-state index < -0.39 is 0 Å². The highest BCUT2D eigenvalue weighted by molar-refractivity contribution is 5.43. The van der Waals surface area contributed by atoms with Gasteiger partial charge in [-0.15, -0.1) is 0 Å². The van der Waals surface area contributed by atoms with Gasteiger partial charge in [0, 0.05) is 36.8 Å². The van der Waals surface area contributed by atoms with Crippen molar-refractivity contribution in [2.45, 2.75) is 19.9 Å². The van der Waals surface area contributed by atoms with Gasteiger partial charge in [-0.05, 0) is 19.0 Å². The number of ether oxygens (including phenoxy) is 2. The minimum absolute atomic E-state index is 0.0921. The van der Waals surface area contributed by atoms with Gasteiger partial charge in [0.25, 0.3) is 5.69 Å². The highest BCUT2D eigenvalue weighted by Crippen LogP contribution is 2.25. The van der Waals surface area contributed by atoms with Crippen molar-refractivity contribution in [3.8, 4) is 5.75 Å². The highest BCUT2D eigenvalue weighted by Gasteiger charge is 2.18. The number of nitrogens with zero attached hydrogens (tertiary/aromatic N) is 1. The maximum atomic E-state index is 10.8. The molecule has 1 unspecified atom stereocenters. The molecule has 1 fully saturated rings. The second kappa shape index (κ2) is 7.21. The van der Waals surface area contributed by atoms with Crippen molar-refractivity contribution in [1.82, 2.24) is 5.32 Å². The monoisotopic (exact) mass is 280 g/mol. The molecule has 1 aliphatic heterocycles. The Morgan fingerprint density at radius 3 is 3.05 bits per heavy atom. The van der Waals surface area contributed by atoms with Crippen LogP contribution in [0.5, 0.6) is 5.75 Å². The quantitative estimate of drug-likeness (QED) is 0.611. The molecule has 20 heavy (non-hydrogen) atoms. The van der Waals surface area contributed by atoms with Crippen LogP contribution in [0.4, 0.5) is 5.69 Å². The van der Waals surface area contributed by atoms with E-state index in [2.05, 4.69) is 5.32 Å². The van der Waals surface area contributed by atoms with Gasteiger partial charge in [0.1, 0.15) is 5.75 Å². The van der Waals surface area contributed by atoms with Crippen molar-refractivity contribution < 1.29 is 14.4 Å². The molecule has 1 aliphatic rings. The lowest BCUT2D eigenvalue weighted by Gasteiger charge is -2.14. The number of nitrogens with one attached hydrogen (secondary N) is 1. The molecule has 2 rings (SSSR count). The Morgan fingerprint density at radius 2 is 2.40 bits per heavy atom. The van der Waals surface area contributed by atoms with E-state index in [9.17, 15) is 10.1 Å². The van der Waals surface area contributed by atoms with Crippen molar-refractivity contribution in [3.63, 3.8) is 0 Å². The smallest absolute Gasteiger partial charge is 0.270 e. The first-order valence-electron chi connectivity index (χ1n) is 6.89. The molecule has 1 atom stereocenters. The normalized spacial score (nSPS) is 18.1. The topological polar surface area (TPSA) is 73.6 Å². The maximum absolute atomic E-state index is 10.8. The summed E-state index contributed by atoms with van der Waals surface area (Å²) in [6.07, 6.45) is 1.01. The van der Waals surface area contributed by atoms with Crippen molar-refractivity contribution in [2.24, 2.45) is 5.92 Å². The van der Waals surface area contributed by atoms with Crippen molar-refractivity contribution >= 4 is 5.69 Å². The summed E-state index contributed by atoms with van der Waals surface area (Å²) in [5, 5.41) is 14.0. The van der Waals surface area contributed by atoms with E-state index in [1.165, 1.54) is 6.07 Å². The van der Waals surface area contributed by atoms with E-state index >= 15 is 0 Å². The summed E-state index contributed by atoms with van der Waals surface area (Å²) in [6, 6.07) is 4.74. The molecular weight excluding hydrogens is 260 g/mol. The molecule has 110 valence electrons. The third-order valence-electron chi connectivity index (χ3n) is 3.32. The standard InChI is InChI=1S/C14H20N2O4/c1-2-15-8-12-7-13(16(17)18)3-4-14(12)20-10-11-5-6-19-9-11/h3-4,7,11,15H,2,5-6,8-10H2,1H3. The Labute approximate surface area is 118 Å². The SMILES string of the molecule is CCNCc1cc([N+](=O)[O-])ccc1OCC1CCOC1. The van der Waals surface area contributed by atoms with Crippen molar-refractivity contribution in [2.75, 3.05) is 26.4 Å². The lowest BCUT2D eigenvalue weighted by molar-refractivity contribution is -0.384. The number of nitro benzene ring substituents is 1. The molecular formula is C14H20N2O4. The Bertz CT molecular complexity index is 458. The molecule has 1 saturated heterocycles. The zero-order valence-corrected chi connectivity index (χ0v) is 11.6. The van der Waals surface area contributed by atoms with Gasteiger partial charge < -0.3 is 14.8 Å². The molecule has 1 heterocycles. The summed E-state index contributed by atoms with van der Waals surface area (Å²) in [5.74, 6) is 1.13. The van der Waals surface area contributed by atoms with Gasteiger partial charge in [0.05, 0.1) is 18.1 Å². The van der Waals surface area contributed by atoms with Crippen LogP contribution in [0.15, 0.2) is 18.2 Å². The largest absolute Gasteiger partial charge is 0.493 e. The van der Waals surface area contributed by atoms with Crippen LogP contribution in [0, 0.1) is 16.0 Å². The molecule has 1 aromatic rings. The maximum Gasteiger partial charge on any atom is 0.270 e. The summed E-state index contributed by atoms with van der Waals surface area (Å²) in [7, 11) is 0. The van der Waals surface area contributed by atoms with Crippen LogP contribution in [-0.2, 0) is 11.3 Å². The van der Waals surface area contributed by atoms with Crippen molar-refractivity contribution in [3.05, 3.63) is 33.9 Å². The van der Waals surface area contributed by atoms with Crippen LogP contribution in [0.3, 0.4) is 0 Å². The van der Waals surface area contributed by atoms with Crippen molar-refractivity contribution in [1.29, 1.82) is 0 Å². The molecule has 0 radical (unpaired) electrons. The van der Waals surface area contributed by atoms with Gasteiger partial charge >= 0.3 is 0 Å². The molecule has 0 aromatic heterocycles. The lowest BCUT2D eigenvalue weighted by Crippen LogP contribution is -2.16. The second-order valence-electron chi connectivity index (χ2n) is 4.87. The molecule has 1 N–H and O–H groups in total. The highest BCUT2D eigenvalue weighted by atomic mass is 16.6. The number of nitro groups is 1. The molecule has 6 heteroatoms. The Kier molecular flexibility index (Phi) is 5.31. The van der Waals surface area contributed by atoms with Crippen LogP contribution >= 0.6 is 0 Å². The lowest BCUT2D eigenvalue weighted by atomic mass is 10.1. The van der Waals surface area contributed by atoms with Gasteiger partial charge in [-0.2, -0.15) is 0 Å². The molecule has 0 saturated carbocycles. The second-order valence-corrected chi connectivity index (χ2v) is 4.87. The van der Waals surface area contributed by atoms with E-state index in [1.54, 1.807) is 12.1 Å². The Balaban J connectivity index is 2.06. The van der Waals surface area contributed by atoms with E-state index in [-0.39, 0.29) is 10.6 Å². The van der Waals surface area contributed by atoms with Gasteiger partial charge in [-0.3, -0.25) is 10.1 Å². The average Bonchev–Trinajstić information content (AvgIpc) is 2.96. The fraction of sp³-hybridized carbons (Fsp3) is 0.571. The first-order chi connectivity index (χ1) is 9.70. The van der Waals surface area contributed by atoms with Crippen LogP contribution in [0.1, 0.15) is 18.9 Å². The number of non-ortho nitro benzene ring substituents is 1. The Morgan fingerprint density at radius 1 is 1.55 bits per heavy atom. The van der Waals surface area contributed by atoms with E-state index in [0.29, 0.717) is 24.8 Å². The number of rotatable bonds is 7. The molecule has 6 nitrogen and oxygen atoms in total. The van der Waals surface area contributed by atoms with Gasteiger partial charge in [-0.25, -0.2) is 0 Å². The van der Waals surface area contributed by atoms with Crippen LogP contribution in [0.25, 0.3) is 0 Å². The fourth-order valence-corrected chi connectivity index (χ4v) is 2.14. The fourth-order valence-electron chi connectivity index (χ4n) is 2.14. The summed E-state index contributed by atoms with van der Waals surface area (Å²) >= 11 is 0. The summed E-state index contributed by atoms with van der Waals surface area (Å²) < 4.78 is 11.1. The average molecular weight is 280 g/mol. The third kappa shape index (κ3) is 3.91. The first-order valence-corrected chi connectivity index (χ1v) is 6.89. The van der Waals surface area contributed by atoms with E-state index in [0.717, 1.165) is 31.7 Å². The summed E-state index contributed by atoms with van der Waals surface area (Å²) in [6.45, 7) is 5.48. The van der Waals surface area contributed by atoms with Gasteiger partial charge in [-0.1, -0.05) is 6.92 Å². The van der Waals surface area contributed by atoms with E-state index in [4.69, 9.17) is 9.47 Å². The number of hydrogen-bond acceptors (Lipinski definition) is 5. The third-order valence-corrected chi connectivity index (χ3v) is 3.32. The zero-order valence-electron chi connectivity index (χ0n) is 11.6. The van der Waals surface area contributed by atoms with Crippen LogP contribution < -0.4 is 10.1 Å². The minimum atomic E-state index is -0.385. The predicted octanol–water partition coefficient (Wildman–Crippen LogP) is 2.12. The number of benzene rings is 1. The summed E-state index contributed by atoms with van der Waals surface area (Å²) in [5.41, 5.74) is 0.911. The predicted molar refractivity (Wildman–Crippen MR) is 74.9 cm³/mol. The van der Waals surface area contributed by atoms with Crippen LogP contribution in [0.2, 0.25) is 0 Å². The molecule has 1 aromatic carbocycles. The van der Waals surface area contributed by atoms with Gasteiger partial charge in [0.2, 0.25) is 0 Å². The summed E-state index contributed by atoms with van der Waals surface area (Å²) in [4.78, 5) is 10.4. The van der Waals surface area contributed by atoms with Gasteiger partial charge in [0.15, 0.2) is 0 Å². The molecule has 0 amide bonds.